The van der Waals surface area contributed by atoms with E-state index < -0.39 is 6.10 Å². The highest BCUT2D eigenvalue weighted by atomic mass is 35.5. The fourth-order valence-corrected chi connectivity index (χ4v) is 2.94. The van der Waals surface area contributed by atoms with Crippen LogP contribution < -0.4 is 0 Å². The van der Waals surface area contributed by atoms with Gasteiger partial charge in [-0.05, 0) is 37.6 Å². The van der Waals surface area contributed by atoms with Crippen molar-refractivity contribution in [2.45, 2.75) is 20.0 Å². The van der Waals surface area contributed by atoms with Gasteiger partial charge in [0.1, 0.15) is 6.10 Å². The fraction of sp³-hybridized carbons (Fsp3) is 0.167. The molecule has 1 N–H and O–H groups in total. The summed E-state index contributed by atoms with van der Waals surface area (Å²) in [6, 6.07) is 13.5. The molecule has 3 rings (SSSR count). The van der Waals surface area contributed by atoms with Crippen molar-refractivity contribution in [3.8, 4) is 0 Å². The van der Waals surface area contributed by atoms with E-state index in [0.717, 1.165) is 33.2 Å². The highest BCUT2D eigenvalue weighted by molar-refractivity contribution is 6.35. The van der Waals surface area contributed by atoms with Crippen molar-refractivity contribution in [2.75, 3.05) is 0 Å². The highest BCUT2D eigenvalue weighted by Crippen LogP contribution is 2.32. The predicted molar refractivity (Wildman–Crippen MR) is 86.7 cm³/mol. The summed E-state index contributed by atoms with van der Waals surface area (Å²) in [7, 11) is 0. The van der Waals surface area contributed by atoms with Gasteiger partial charge in [0.25, 0.3) is 0 Å². The zero-order valence-electron chi connectivity index (χ0n) is 12.0. The first-order valence-electron chi connectivity index (χ1n) is 6.85. The summed E-state index contributed by atoms with van der Waals surface area (Å²) in [5, 5.41) is 12.3. The Hall–Kier alpha value is -1.90. The van der Waals surface area contributed by atoms with Crippen molar-refractivity contribution in [3.05, 3.63) is 75.9 Å². The number of hydrogen-bond donors (Lipinski definition) is 1. The molecular weight excluding hydrogens is 282 g/mol. The number of halogens is 1. The van der Waals surface area contributed by atoms with Crippen molar-refractivity contribution < 1.29 is 5.11 Å². The minimum Gasteiger partial charge on any atom is -0.384 e. The number of pyridine rings is 1. The third kappa shape index (κ3) is 2.65. The van der Waals surface area contributed by atoms with Crippen LogP contribution in [0.3, 0.4) is 0 Å². The first-order chi connectivity index (χ1) is 10.1. The second kappa shape index (κ2) is 5.47. The standard InChI is InChI=1S/C18H16ClNO/c1-11-8-12(2)10-13(9-11)18(21)15-5-6-16(19)14-4-3-7-20-17(14)15/h3-10,18,21H,1-2H3. The summed E-state index contributed by atoms with van der Waals surface area (Å²) >= 11 is 6.21. The number of aliphatic hydroxyl groups excluding tert-OH is 1. The third-order valence-corrected chi connectivity index (χ3v) is 3.93. The van der Waals surface area contributed by atoms with Crippen molar-refractivity contribution in [2.24, 2.45) is 0 Å². The smallest absolute Gasteiger partial charge is 0.106 e. The van der Waals surface area contributed by atoms with Crippen LogP contribution >= 0.6 is 11.6 Å². The Morgan fingerprint density at radius 1 is 1.05 bits per heavy atom. The normalized spacial score (nSPS) is 12.6. The maximum absolute atomic E-state index is 10.7. The summed E-state index contributed by atoms with van der Waals surface area (Å²) in [4.78, 5) is 4.39. The number of hydrogen-bond acceptors (Lipinski definition) is 2. The predicted octanol–water partition coefficient (Wildman–Crippen LogP) is 4.59. The van der Waals surface area contributed by atoms with Gasteiger partial charge in [0.15, 0.2) is 0 Å². The molecule has 0 amide bonds. The van der Waals surface area contributed by atoms with E-state index in [4.69, 9.17) is 11.6 Å². The Bertz CT molecular complexity index is 793. The lowest BCUT2D eigenvalue weighted by molar-refractivity contribution is 0.221. The molecule has 1 heterocycles. The molecule has 3 aromatic rings. The summed E-state index contributed by atoms with van der Waals surface area (Å²) in [6.45, 7) is 4.06. The van der Waals surface area contributed by atoms with Crippen molar-refractivity contribution >= 4 is 22.5 Å². The zero-order chi connectivity index (χ0) is 15.0. The maximum atomic E-state index is 10.7. The van der Waals surface area contributed by atoms with Crippen LogP contribution in [0.2, 0.25) is 5.02 Å². The van der Waals surface area contributed by atoms with Crippen LogP contribution in [0, 0.1) is 13.8 Å². The summed E-state index contributed by atoms with van der Waals surface area (Å²) in [5.41, 5.74) is 4.67. The number of nitrogens with zero attached hydrogens (tertiary/aromatic N) is 1. The molecule has 0 bridgehead atoms. The van der Waals surface area contributed by atoms with Crippen LogP contribution in [0.15, 0.2) is 48.7 Å². The Kier molecular flexibility index (Phi) is 3.66. The average Bonchev–Trinajstić information content (AvgIpc) is 2.46. The second-order valence-corrected chi connectivity index (χ2v) is 5.77. The highest BCUT2D eigenvalue weighted by Gasteiger charge is 2.16. The van der Waals surface area contributed by atoms with E-state index in [9.17, 15) is 5.11 Å². The molecule has 0 aliphatic heterocycles. The number of benzene rings is 2. The minimum atomic E-state index is -0.710. The molecule has 0 saturated heterocycles. The lowest BCUT2D eigenvalue weighted by Crippen LogP contribution is -2.02. The molecule has 1 unspecified atom stereocenters. The lowest BCUT2D eigenvalue weighted by atomic mass is 9.96. The van der Waals surface area contributed by atoms with Crippen LogP contribution in [0.1, 0.15) is 28.4 Å². The van der Waals surface area contributed by atoms with Gasteiger partial charge in [0.05, 0.1) is 5.52 Å². The van der Waals surface area contributed by atoms with Crippen molar-refractivity contribution in [1.29, 1.82) is 0 Å². The number of rotatable bonds is 2. The minimum absolute atomic E-state index is 0.648. The topological polar surface area (TPSA) is 33.1 Å². The summed E-state index contributed by atoms with van der Waals surface area (Å²) in [5.74, 6) is 0. The van der Waals surface area contributed by atoms with Crippen LogP contribution in [-0.2, 0) is 0 Å². The molecule has 0 fully saturated rings. The van der Waals surface area contributed by atoms with E-state index in [2.05, 4.69) is 11.1 Å². The largest absolute Gasteiger partial charge is 0.384 e. The lowest BCUT2D eigenvalue weighted by Gasteiger charge is -2.15. The zero-order valence-corrected chi connectivity index (χ0v) is 12.7. The first kappa shape index (κ1) is 14.1. The molecule has 1 aromatic heterocycles. The van der Waals surface area contributed by atoms with E-state index >= 15 is 0 Å². The van der Waals surface area contributed by atoms with Crippen LogP contribution in [0.5, 0.6) is 0 Å². The molecule has 106 valence electrons. The molecule has 21 heavy (non-hydrogen) atoms. The molecule has 0 spiro atoms. The van der Waals surface area contributed by atoms with E-state index in [1.807, 2.05) is 50.2 Å². The maximum Gasteiger partial charge on any atom is 0.106 e. The Morgan fingerprint density at radius 2 is 1.76 bits per heavy atom. The van der Waals surface area contributed by atoms with E-state index in [0.29, 0.717) is 5.02 Å². The molecule has 0 aliphatic carbocycles. The molecule has 2 nitrogen and oxygen atoms in total. The molecule has 1 atom stereocenters. The molecule has 3 heteroatoms. The molecule has 2 aromatic carbocycles. The third-order valence-electron chi connectivity index (χ3n) is 3.60. The fourth-order valence-electron chi connectivity index (χ4n) is 2.73. The second-order valence-electron chi connectivity index (χ2n) is 5.36. The average molecular weight is 298 g/mol. The van der Waals surface area contributed by atoms with Gasteiger partial charge >= 0.3 is 0 Å². The van der Waals surface area contributed by atoms with Gasteiger partial charge in [-0.1, -0.05) is 47.0 Å². The van der Waals surface area contributed by atoms with Gasteiger partial charge in [-0.25, -0.2) is 0 Å². The number of aryl methyl sites for hydroxylation is 2. The van der Waals surface area contributed by atoms with E-state index in [-0.39, 0.29) is 0 Å². The first-order valence-corrected chi connectivity index (χ1v) is 7.23. The monoisotopic (exact) mass is 297 g/mol. The van der Waals surface area contributed by atoms with Crippen molar-refractivity contribution in [1.82, 2.24) is 4.98 Å². The van der Waals surface area contributed by atoms with Gasteiger partial charge in [-0.2, -0.15) is 0 Å². The van der Waals surface area contributed by atoms with Crippen LogP contribution in [0.4, 0.5) is 0 Å². The molecular formula is C18H16ClNO. The Labute approximate surface area is 129 Å². The molecule has 0 aliphatic rings. The van der Waals surface area contributed by atoms with Gasteiger partial charge in [0, 0.05) is 22.2 Å². The molecule has 0 saturated carbocycles. The number of aliphatic hydroxyl groups is 1. The van der Waals surface area contributed by atoms with Gasteiger partial charge < -0.3 is 5.11 Å². The Morgan fingerprint density at radius 3 is 2.48 bits per heavy atom. The van der Waals surface area contributed by atoms with Crippen LogP contribution in [-0.4, -0.2) is 10.1 Å². The van der Waals surface area contributed by atoms with Crippen LogP contribution in [0.25, 0.3) is 10.9 Å². The van der Waals surface area contributed by atoms with E-state index in [1.54, 1.807) is 6.20 Å². The summed E-state index contributed by atoms with van der Waals surface area (Å²) < 4.78 is 0. The quantitative estimate of drug-likeness (QED) is 0.750. The van der Waals surface area contributed by atoms with E-state index in [1.165, 1.54) is 0 Å². The van der Waals surface area contributed by atoms with Gasteiger partial charge in [-0.15, -0.1) is 0 Å². The Balaban J connectivity index is 2.18. The summed E-state index contributed by atoms with van der Waals surface area (Å²) in [6.07, 6.45) is 1.01. The molecule has 0 radical (unpaired) electrons. The number of fused-ring (bicyclic) bond motifs is 1. The van der Waals surface area contributed by atoms with Gasteiger partial charge in [0.2, 0.25) is 0 Å². The number of aromatic nitrogens is 1. The van der Waals surface area contributed by atoms with Gasteiger partial charge in [-0.3, -0.25) is 4.98 Å². The SMILES string of the molecule is Cc1cc(C)cc(C(O)c2ccc(Cl)c3cccnc23)c1. The van der Waals surface area contributed by atoms with Crippen molar-refractivity contribution in [3.63, 3.8) is 0 Å².